The van der Waals surface area contributed by atoms with Crippen LogP contribution in [0.5, 0.6) is 0 Å². The topological polar surface area (TPSA) is 82.9 Å². The standard InChI is InChI=1S/C12H9N5/c13-6-9-7-15-17-11(14)10(16-12(9)17)8-4-2-1-3-5-8/h1-5,7,15H,14H2. The van der Waals surface area contributed by atoms with Crippen molar-refractivity contribution in [1.82, 2.24) is 14.6 Å². The average molecular weight is 223 g/mol. The summed E-state index contributed by atoms with van der Waals surface area (Å²) in [6.45, 7) is 0. The number of nitrogens with zero attached hydrogens (tertiary/aromatic N) is 3. The van der Waals surface area contributed by atoms with Gasteiger partial charge in [-0.25, -0.2) is 9.50 Å². The van der Waals surface area contributed by atoms with Gasteiger partial charge in [0.05, 0.1) is 0 Å². The molecule has 0 spiro atoms. The van der Waals surface area contributed by atoms with Crippen molar-refractivity contribution in [3.63, 3.8) is 0 Å². The number of H-pyrrole nitrogens is 1. The molecule has 5 nitrogen and oxygen atoms in total. The summed E-state index contributed by atoms with van der Waals surface area (Å²) in [6, 6.07) is 11.7. The monoisotopic (exact) mass is 223 g/mol. The van der Waals surface area contributed by atoms with Crippen molar-refractivity contribution in [2.75, 3.05) is 5.73 Å². The molecule has 0 saturated carbocycles. The minimum Gasteiger partial charge on any atom is -0.382 e. The number of imidazole rings is 1. The van der Waals surface area contributed by atoms with Crippen LogP contribution in [0, 0.1) is 11.3 Å². The van der Waals surface area contributed by atoms with Crippen molar-refractivity contribution in [2.24, 2.45) is 0 Å². The second-order valence-electron chi connectivity index (χ2n) is 3.67. The zero-order valence-corrected chi connectivity index (χ0v) is 8.88. The number of nitrogen functional groups attached to an aromatic ring is 1. The van der Waals surface area contributed by atoms with Crippen molar-refractivity contribution < 1.29 is 0 Å². The van der Waals surface area contributed by atoms with Gasteiger partial charge in [-0.15, -0.1) is 0 Å². The van der Waals surface area contributed by atoms with Crippen LogP contribution in [0.15, 0.2) is 36.5 Å². The molecule has 0 amide bonds. The van der Waals surface area contributed by atoms with E-state index in [0.717, 1.165) is 5.56 Å². The zero-order chi connectivity index (χ0) is 11.8. The van der Waals surface area contributed by atoms with E-state index in [9.17, 15) is 0 Å². The Bertz CT molecular complexity index is 715. The van der Waals surface area contributed by atoms with Crippen molar-refractivity contribution in [1.29, 1.82) is 5.26 Å². The van der Waals surface area contributed by atoms with Crippen LogP contribution in [-0.2, 0) is 0 Å². The smallest absolute Gasteiger partial charge is 0.173 e. The lowest BCUT2D eigenvalue weighted by molar-refractivity contribution is 0.985. The van der Waals surface area contributed by atoms with Crippen LogP contribution in [0.4, 0.5) is 5.82 Å². The van der Waals surface area contributed by atoms with Gasteiger partial charge in [-0.1, -0.05) is 30.3 Å². The number of hydrogen-bond acceptors (Lipinski definition) is 3. The van der Waals surface area contributed by atoms with Gasteiger partial charge in [0.25, 0.3) is 0 Å². The van der Waals surface area contributed by atoms with Gasteiger partial charge < -0.3 is 5.73 Å². The quantitative estimate of drug-likeness (QED) is 0.659. The molecule has 3 N–H and O–H groups in total. The molecule has 0 radical (unpaired) electrons. The fraction of sp³-hybridized carbons (Fsp3) is 0. The summed E-state index contributed by atoms with van der Waals surface area (Å²) in [5.41, 5.74) is 8.67. The average Bonchev–Trinajstić information content (AvgIpc) is 2.91. The van der Waals surface area contributed by atoms with Gasteiger partial charge in [0.1, 0.15) is 17.3 Å². The third-order valence-corrected chi connectivity index (χ3v) is 2.66. The highest BCUT2D eigenvalue weighted by Crippen LogP contribution is 2.26. The maximum absolute atomic E-state index is 8.93. The molecule has 5 heteroatoms. The maximum Gasteiger partial charge on any atom is 0.173 e. The molecule has 3 rings (SSSR count). The Kier molecular flexibility index (Phi) is 1.89. The minimum atomic E-state index is 0.485. The number of anilines is 1. The van der Waals surface area contributed by atoms with Gasteiger partial charge >= 0.3 is 0 Å². The molecule has 82 valence electrons. The molecular formula is C12H9N5. The van der Waals surface area contributed by atoms with E-state index >= 15 is 0 Å². The molecule has 3 aromatic rings. The number of nitrogens with two attached hydrogens (primary N) is 1. The van der Waals surface area contributed by atoms with E-state index in [2.05, 4.69) is 16.2 Å². The third kappa shape index (κ3) is 1.28. The van der Waals surface area contributed by atoms with Crippen LogP contribution in [-0.4, -0.2) is 14.6 Å². The molecule has 0 aliphatic heterocycles. The number of rotatable bonds is 1. The maximum atomic E-state index is 8.93. The molecule has 2 heterocycles. The summed E-state index contributed by atoms with van der Waals surface area (Å²) in [5.74, 6) is 0.507. The Morgan fingerprint density at radius 2 is 2.06 bits per heavy atom. The minimum absolute atomic E-state index is 0.485. The SMILES string of the molecule is N#Cc1c[nH]n2c(N)c(-c3ccccc3)nc12. The normalized spacial score (nSPS) is 10.5. The summed E-state index contributed by atoms with van der Waals surface area (Å²) in [4.78, 5) is 4.40. The van der Waals surface area contributed by atoms with E-state index in [1.54, 1.807) is 10.7 Å². The van der Waals surface area contributed by atoms with Crippen molar-refractivity contribution >= 4 is 11.5 Å². The van der Waals surface area contributed by atoms with Gasteiger partial charge in [-0.3, -0.25) is 5.10 Å². The first-order valence-corrected chi connectivity index (χ1v) is 5.12. The van der Waals surface area contributed by atoms with Crippen LogP contribution >= 0.6 is 0 Å². The van der Waals surface area contributed by atoms with Gasteiger partial charge in [-0.05, 0) is 0 Å². The van der Waals surface area contributed by atoms with Crippen molar-refractivity contribution in [3.05, 3.63) is 42.1 Å². The predicted octanol–water partition coefficient (Wildman–Crippen LogP) is 1.78. The summed E-state index contributed by atoms with van der Waals surface area (Å²) in [7, 11) is 0. The van der Waals surface area contributed by atoms with E-state index in [4.69, 9.17) is 11.0 Å². The zero-order valence-electron chi connectivity index (χ0n) is 8.88. The molecule has 17 heavy (non-hydrogen) atoms. The number of nitriles is 1. The van der Waals surface area contributed by atoms with E-state index < -0.39 is 0 Å². The van der Waals surface area contributed by atoms with Gasteiger partial charge in [0, 0.05) is 11.8 Å². The van der Waals surface area contributed by atoms with E-state index in [0.29, 0.717) is 22.7 Å². The molecule has 0 aliphatic rings. The summed E-state index contributed by atoms with van der Waals surface area (Å²) < 4.78 is 1.61. The second-order valence-corrected chi connectivity index (χ2v) is 3.67. The second kappa shape index (κ2) is 3.39. The lowest BCUT2D eigenvalue weighted by Gasteiger charge is -1.97. The molecular weight excluding hydrogens is 214 g/mol. The first-order chi connectivity index (χ1) is 8.31. The molecule has 0 bridgehead atoms. The van der Waals surface area contributed by atoms with Crippen LogP contribution in [0.2, 0.25) is 0 Å². The van der Waals surface area contributed by atoms with Gasteiger partial charge in [-0.2, -0.15) is 5.26 Å². The molecule has 0 unspecified atom stereocenters. The summed E-state index contributed by atoms with van der Waals surface area (Å²) >= 11 is 0. The number of hydrogen-bond donors (Lipinski definition) is 2. The molecule has 1 aromatic carbocycles. The Balaban J connectivity index is 2.29. The fourth-order valence-corrected chi connectivity index (χ4v) is 1.83. The Labute approximate surface area is 97.1 Å². The van der Waals surface area contributed by atoms with Crippen LogP contribution in [0.3, 0.4) is 0 Å². The fourth-order valence-electron chi connectivity index (χ4n) is 1.83. The Morgan fingerprint density at radius 1 is 1.29 bits per heavy atom. The van der Waals surface area contributed by atoms with Gasteiger partial charge in [0.2, 0.25) is 0 Å². The van der Waals surface area contributed by atoms with Crippen LogP contribution in [0.1, 0.15) is 5.56 Å². The summed E-state index contributed by atoms with van der Waals surface area (Å²) in [5, 5.41) is 11.8. The number of benzene rings is 1. The van der Waals surface area contributed by atoms with Gasteiger partial charge in [0.15, 0.2) is 11.5 Å². The Hall–Kier alpha value is -2.74. The highest BCUT2D eigenvalue weighted by Gasteiger charge is 2.14. The highest BCUT2D eigenvalue weighted by molar-refractivity contribution is 5.76. The first-order valence-electron chi connectivity index (χ1n) is 5.12. The summed E-state index contributed by atoms with van der Waals surface area (Å²) in [6.07, 6.45) is 1.59. The molecule has 2 aromatic heterocycles. The number of nitrogens with one attached hydrogen (secondary N) is 1. The predicted molar refractivity (Wildman–Crippen MR) is 64.1 cm³/mol. The highest BCUT2D eigenvalue weighted by atomic mass is 15.3. The molecule has 0 saturated heterocycles. The van der Waals surface area contributed by atoms with Crippen LogP contribution < -0.4 is 5.73 Å². The molecule has 0 atom stereocenters. The lowest BCUT2D eigenvalue weighted by atomic mass is 10.1. The van der Waals surface area contributed by atoms with E-state index in [1.807, 2.05) is 30.3 Å². The van der Waals surface area contributed by atoms with E-state index in [-0.39, 0.29) is 0 Å². The lowest BCUT2D eigenvalue weighted by Crippen LogP contribution is -1.94. The number of aromatic amines is 1. The van der Waals surface area contributed by atoms with Crippen molar-refractivity contribution in [2.45, 2.75) is 0 Å². The number of aromatic nitrogens is 3. The van der Waals surface area contributed by atoms with Crippen LogP contribution in [0.25, 0.3) is 16.9 Å². The Morgan fingerprint density at radius 3 is 2.76 bits per heavy atom. The third-order valence-electron chi connectivity index (χ3n) is 2.66. The van der Waals surface area contributed by atoms with Crippen molar-refractivity contribution in [3.8, 4) is 17.3 Å². The molecule has 0 fully saturated rings. The van der Waals surface area contributed by atoms with E-state index in [1.165, 1.54) is 0 Å². The number of fused-ring (bicyclic) bond motifs is 1. The molecule has 0 aliphatic carbocycles. The first kappa shape index (κ1) is 9.48. The largest absolute Gasteiger partial charge is 0.382 e.